The van der Waals surface area contributed by atoms with E-state index in [4.69, 9.17) is 4.74 Å². The molecule has 6 heteroatoms. The van der Waals surface area contributed by atoms with Crippen molar-refractivity contribution >= 4 is 11.7 Å². The van der Waals surface area contributed by atoms with E-state index in [9.17, 15) is 4.79 Å². The molecule has 2 amide bonds. The highest BCUT2D eigenvalue weighted by molar-refractivity contribution is 5.89. The lowest BCUT2D eigenvalue weighted by Gasteiger charge is -2.32. The van der Waals surface area contributed by atoms with Gasteiger partial charge in [0.05, 0.1) is 13.2 Å². The van der Waals surface area contributed by atoms with Crippen molar-refractivity contribution in [1.29, 1.82) is 0 Å². The Morgan fingerprint density at radius 2 is 2.17 bits per heavy atom. The molecule has 1 aromatic carbocycles. The Bertz CT molecular complexity index is 735. The second-order valence-electron chi connectivity index (χ2n) is 6.33. The van der Waals surface area contributed by atoms with Crippen LogP contribution in [0.15, 0.2) is 36.8 Å². The number of hydrogen-bond donors (Lipinski definition) is 1. The van der Waals surface area contributed by atoms with E-state index in [2.05, 4.69) is 15.3 Å². The molecular formula is C18H20N4O2. The number of hydrogen-bond acceptors (Lipinski definition) is 4. The van der Waals surface area contributed by atoms with Crippen LogP contribution in [0.1, 0.15) is 35.6 Å². The van der Waals surface area contributed by atoms with Crippen LogP contribution in [0.4, 0.5) is 10.5 Å². The summed E-state index contributed by atoms with van der Waals surface area (Å²) in [4.78, 5) is 22.8. The van der Waals surface area contributed by atoms with Gasteiger partial charge in [-0.3, -0.25) is 0 Å². The first-order valence-electron chi connectivity index (χ1n) is 8.31. The van der Waals surface area contributed by atoms with Crippen LogP contribution in [0.25, 0.3) is 0 Å². The first-order chi connectivity index (χ1) is 11.8. The molecule has 0 aliphatic carbocycles. The van der Waals surface area contributed by atoms with Crippen LogP contribution >= 0.6 is 0 Å². The Balaban J connectivity index is 1.42. The molecule has 0 saturated carbocycles. The van der Waals surface area contributed by atoms with Crippen LogP contribution in [-0.2, 0) is 18.0 Å². The van der Waals surface area contributed by atoms with Gasteiger partial charge in [0.25, 0.3) is 0 Å². The van der Waals surface area contributed by atoms with Gasteiger partial charge in [0.15, 0.2) is 0 Å². The Kier molecular flexibility index (Phi) is 4.13. The molecule has 1 atom stereocenters. The zero-order valence-electron chi connectivity index (χ0n) is 13.4. The SMILES string of the molecule is O=C(Nc1ccc2c(c1)COC2)N1CCC[C@@H](c2ccncn2)C1. The molecular weight excluding hydrogens is 304 g/mol. The minimum atomic E-state index is -0.0485. The van der Waals surface area contributed by atoms with Crippen LogP contribution in [0.5, 0.6) is 0 Å². The molecule has 2 aliphatic rings. The average molecular weight is 324 g/mol. The van der Waals surface area contributed by atoms with E-state index in [-0.39, 0.29) is 11.9 Å². The molecule has 124 valence electrons. The molecule has 24 heavy (non-hydrogen) atoms. The number of carbonyl (C=O) groups is 1. The third-order valence-corrected chi connectivity index (χ3v) is 4.70. The number of benzene rings is 1. The Morgan fingerprint density at radius 1 is 1.25 bits per heavy atom. The fourth-order valence-electron chi connectivity index (χ4n) is 3.40. The van der Waals surface area contributed by atoms with Crippen molar-refractivity contribution in [2.45, 2.75) is 32.0 Å². The molecule has 2 aromatic rings. The second-order valence-corrected chi connectivity index (χ2v) is 6.33. The van der Waals surface area contributed by atoms with Gasteiger partial charge in [0.2, 0.25) is 0 Å². The van der Waals surface area contributed by atoms with E-state index >= 15 is 0 Å². The predicted molar refractivity (Wildman–Crippen MR) is 89.5 cm³/mol. The summed E-state index contributed by atoms with van der Waals surface area (Å²) in [6.07, 6.45) is 5.37. The third-order valence-electron chi connectivity index (χ3n) is 4.70. The molecule has 0 unspecified atom stereocenters. The lowest BCUT2D eigenvalue weighted by atomic mass is 9.95. The van der Waals surface area contributed by atoms with Crippen molar-refractivity contribution in [3.8, 4) is 0 Å². The largest absolute Gasteiger partial charge is 0.372 e. The highest BCUT2D eigenvalue weighted by Gasteiger charge is 2.25. The van der Waals surface area contributed by atoms with Gasteiger partial charge in [-0.15, -0.1) is 0 Å². The topological polar surface area (TPSA) is 67.3 Å². The van der Waals surface area contributed by atoms with Gasteiger partial charge in [-0.1, -0.05) is 6.07 Å². The summed E-state index contributed by atoms with van der Waals surface area (Å²) in [6.45, 7) is 2.76. The van der Waals surface area contributed by atoms with E-state index in [0.29, 0.717) is 19.8 Å². The number of ether oxygens (including phenoxy) is 1. The third kappa shape index (κ3) is 3.10. The molecule has 4 rings (SSSR count). The van der Waals surface area contributed by atoms with Crippen LogP contribution in [0.2, 0.25) is 0 Å². The highest BCUT2D eigenvalue weighted by atomic mass is 16.5. The number of aromatic nitrogens is 2. The zero-order chi connectivity index (χ0) is 16.4. The van der Waals surface area contributed by atoms with Crippen molar-refractivity contribution in [1.82, 2.24) is 14.9 Å². The molecule has 1 saturated heterocycles. The van der Waals surface area contributed by atoms with Crippen LogP contribution in [0.3, 0.4) is 0 Å². The quantitative estimate of drug-likeness (QED) is 0.922. The predicted octanol–water partition coefficient (Wildman–Crippen LogP) is 2.92. The monoisotopic (exact) mass is 324 g/mol. The van der Waals surface area contributed by atoms with Crippen LogP contribution in [0, 0.1) is 0 Å². The first kappa shape index (κ1) is 15.1. The maximum absolute atomic E-state index is 12.6. The molecule has 0 bridgehead atoms. The summed E-state index contributed by atoms with van der Waals surface area (Å²) < 4.78 is 5.42. The fraction of sp³-hybridized carbons (Fsp3) is 0.389. The van der Waals surface area contributed by atoms with Gasteiger partial charge in [0, 0.05) is 36.6 Å². The van der Waals surface area contributed by atoms with E-state index in [0.717, 1.165) is 36.3 Å². The molecule has 2 aliphatic heterocycles. The number of carbonyl (C=O) groups excluding carboxylic acids is 1. The number of fused-ring (bicyclic) bond motifs is 1. The Labute approximate surface area is 140 Å². The van der Waals surface area contributed by atoms with E-state index in [1.165, 1.54) is 5.56 Å². The summed E-state index contributed by atoms with van der Waals surface area (Å²) in [5.41, 5.74) is 4.20. The molecule has 1 fully saturated rings. The van der Waals surface area contributed by atoms with Crippen molar-refractivity contribution < 1.29 is 9.53 Å². The van der Waals surface area contributed by atoms with Crippen molar-refractivity contribution in [3.63, 3.8) is 0 Å². The minimum absolute atomic E-state index is 0.0485. The van der Waals surface area contributed by atoms with Gasteiger partial charge in [-0.25, -0.2) is 14.8 Å². The van der Waals surface area contributed by atoms with Gasteiger partial charge in [-0.05, 0) is 42.2 Å². The maximum atomic E-state index is 12.6. The molecule has 1 N–H and O–H groups in total. The van der Waals surface area contributed by atoms with Gasteiger partial charge in [-0.2, -0.15) is 0 Å². The number of rotatable bonds is 2. The second kappa shape index (κ2) is 6.57. The molecule has 0 radical (unpaired) electrons. The summed E-state index contributed by atoms with van der Waals surface area (Å²) in [5, 5.41) is 3.01. The first-order valence-corrected chi connectivity index (χ1v) is 8.31. The van der Waals surface area contributed by atoms with Crippen LogP contribution < -0.4 is 5.32 Å². The number of amides is 2. The van der Waals surface area contributed by atoms with Gasteiger partial charge < -0.3 is 15.0 Å². The smallest absolute Gasteiger partial charge is 0.321 e. The maximum Gasteiger partial charge on any atom is 0.321 e. The van der Waals surface area contributed by atoms with E-state index in [1.807, 2.05) is 29.2 Å². The summed E-state index contributed by atoms with van der Waals surface area (Å²) in [7, 11) is 0. The number of nitrogens with one attached hydrogen (secondary N) is 1. The standard InChI is InChI=1S/C18H20N4O2/c23-18(21-16-4-3-14-10-24-11-15(14)8-16)22-7-1-2-13(9-22)17-5-6-19-12-20-17/h3-6,8,12-13H,1-2,7,9-11H2,(H,21,23)/t13-/m1/s1. The molecule has 1 aromatic heterocycles. The van der Waals surface area contributed by atoms with Crippen molar-refractivity contribution in [2.75, 3.05) is 18.4 Å². The summed E-state index contributed by atoms with van der Waals surface area (Å²) in [5.74, 6) is 0.279. The number of likely N-dealkylation sites (tertiary alicyclic amines) is 1. The Hall–Kier alpha value is -2.47. The zero-order valence-corrected chi connectivity index (χ0v) is 13.4. The van der Waals surface area contributed by atoms with Crippen molar-refractivity contribution in [2.24, 2.45) is 0 Å². The fourth-order valence-corrected chi connectivity index (χ4v) is 3.40. The van der Waals surface area contributed by atoms with E-state index < -0.39 is 0 Å². The lowest BCUT2D eigenvalue weighted by Crippen LogP contribution is -2.41. The molecule has 3 heterocycles. The van der Waals surface area contributed by atoms with Gasteiger partial charge in [0.1, 0.15) is 6.33 Å². The van der Waals surface area contributed by atoms with E-state index in [1.54, 1.807) is 12.5 Å². The number of piperidine rings is 1. The highest BCUT2D eigenvalue weighted by Crippen LogP contribution is 2.26. The van der Waals surface area contributed by atoms with Gasteiger partial charge >= 0.3 is 6.03 Å². The number of urea groups is 1. The summed E-state index contributed by atoms with van der Waals surface area (Å²) >= 11 is 0. The summed E-state index contributed by atoms with van der Waals surface area (Å²) in [6, 6.07) is 7.86. The minimum Gasteiger partial charge on any atom is -0.372 e. The number of anilines is 1. The Morgan fingerprint density at radius 3 is 3.04 bits per heavy atom. The van der Waals surface area contributed by atoms with Crippen molar-refractivity contribution in [3.05, 3.63) is 53.6 Å². The lowest BCUT2D eigenvalue weighted by molar-refractivity contribution is 0.134. The average Bonchev–Trinajstić information content (AvgIpc) is 3.10. The number of nitrogens with zero attached hydrogens (tertiary/aromatic N) is 3. The van der Waals surface area contributed by atoms with Crippen LogP contribution in [-0.4, -0.2) is 34.0 Å². The molecule has 6 nitrogen and oxygen atoms in total. The molecule has 0 spiro atoms. The normalized spacial score (nSPS) is 19.8.